The number of ether oxygens (including phenoxy) is 1. The number of amides is 1. The Hall–Kier alpha value is -3.58. The van der Waals surface area contributed by atoms with E-state index in [-0.39, 0.29) is 17.8 Å². The standard InChI is InChI=1S/C24H27N5O2/c1-17(31-15-18-5-3-2-4-6-18)22(29-14-21(24(26)30)27-16-29)10-12-28-11-9-19-7-8-20(25)13-23(19)28/h2-9,11,13-14,16-17,22H,10,12,15,25H2,1H3,(H2,26,30)/t17-,22+/m0/s1. The van der Waals surface area contributed by atoms with Crippen molar-refractivity contribution < 1.29 is 9.53 Å². The van der Waals surface area contributed by atoms with Crippen molar-refractivity contribution in [2.75, 3.05) is 5.73 Å². The van der Waals surface area contributed by atoms with E-state index in [1.54, 1.807) is 12.5 Å². The first-order chi connectivity index (χ1) is 15.0. The first-order valence-electron chi connectivity index (χ1n) is 10.3. The van der Waals surface area contributed by atoms with E-state index in [4.69, 9.17) is 16.2 Å². The Balaban J connectivity index is 1.53. The van der Waals surface area contributed by atoms with Gasteiger partial charge in [-0.05, 0) is 42.5 Å². The van der Waals surface area contributed by atoms with Crippen molar-refractivity contribution in [3.8, 4) is 0 Å². The predicted octanol–water partition coefficient (Wildman–Crippen LogP) is 3.76. The van der Waals surface area contributed by atoms with Gasteiger partial charge in [-0.3, -0.25) is 4.79 Å². The number of nitrogens with zero attached hydrogens (tertiary/aromatic N) is 3. The predicted molar refractivity (Wildman–Crippen MR) is 121 cm³/mol. The highest BCUT2D eigenvalue weighted by atomic mass is 16.5. The number of fused-ring (bicyclic) bond motifs is 1. The number of primary amides is 1. The zero-order valence-corrected chi connectivity index (χ0v) is 17.5. The van der Waals surface area contributed by atoms with Gasteiger partial charge in [-0.25, -0.2) is 4.98 Å². The van der Waals surface area contributed by atoms with Crippen LogP contribution >= 0.6 is 0 Å². The molecule has 2 aromatic heterocycles. The first kappa shape index (κ1) is 20.7. The van der Waals surface area contributed by atoms with E-state index in [0.29, 0.717) is 6.61 Å². The van der Waals surface area contributed by atoms with Crippen LogP contribution < -0.4 is 11.5 Å². The first-order valence-corrected chi connectivity index (χ1v) is 10.3. The molecule has 0 unspecified atom stereocenters. The Labute approximate surface area is 181 Å². The van der Waals surface area contributed by atoms with Crippen LogP contribution in [-0.2, 0) is 17.9 Å². The summed E-state index contributed by atoms with van der Waals surface area (Å²) in [7, 11) is 0. The van der Waals surface area contributed by atoms with Crippen molar-refractivity contribution in [1.82, 2.24) is 14.1 Å². The van der Waals surface area contributed by atoms with Crippen LogP contribution in [0.1, 0.15) is 35.4 Å². The lowest BCUT2D eigenvalue weighted by Crippen LogP contribution is -2.25. The van der Waals surface area contributed by atoms with Gasteiger partial charge in [-0.2, -0.15) is 0 Å². The second-order valence-corrected chi connectivity index (χ2v) is 7.76. The smallest absolute Gasteiger partial charge is 0.268 e. The number of hydrogen-bond acceptors (Lipinski definition) is 4. The highest BCUT2D eigenvalue weighted by Gasteiger charge is 2.21. The summed E-state index contributed by atoms with van der Waals surface area (Å²) < 4.78 is 10.3. The van der Waals surface area contributed by atoms with E-state index in [1.807, 2.05) is 60.0 Å². The zero-order valence-electron chi connectivity index (χ0n) is 17.5. The van der Waals surface area contributed by atoms with Crippen molar-refractivity contribution in [2.24, 2.45) is 5.73 Å². The molecule has 0 aliphatic carbocycles. The summed E-state index contributed by atoms with van der Waals surface area (Å²) in [5.41, 5.74) is 14.6. The number of benzene rings is 2. The molecule has 0 radical (unpaired) electrons. The maximum absolute atomic E-state index is 11.5. The summed E-state index contributed by atoms with van der Waals surface area (Å²) in [5.74, 6) is -0.540. The van der Waals surface area contributed by atoms with Gasteiger partial charge < -0.3 is 25.3 Å². The molecule has 7 heteroatoms. The number of nitrogen functional groups attached to an aromatic ring is 1. The van der Waals surface area contributed by atoms with Gasteiger partial charge in [-0.1, -0.05) is 36.4 Å². The summed E-state index contributed by atoms with van der Waals surface area (Å²) in [6, 6.07) is 18.1. The summed E-state index contributed by atoms with van der Waals surface area (Å²) >= 11 is 0. The van der Waals surface area contributed by atoms with E-state index in [0.717, 1.165) is 35.1 Å². The quantitative estimate of drug-likeness (QED) is 0.405. The Morgan fingerprint density at radius 2 is 1.97 bits per heavy atom. The van der Waals surface area contributed by atoms with Crippen molar-refractivity contribution in [3.63, 3.8) is 0 Å². The molecule has 4 rings (SSSR count). The minimum Gasteiger partial charge on any atom is -0.399 e. The molecule has 2 atom stereocenters. The number of nitrogens with two attached hydrogens (primary N) is 2. The average molecular weight is 418 g/mol. The van der Waals surface area contributed by atoms with Crippen LogP contribution in [0.4, 0.5) is 5.69 Å². The molecule has 4 aromatic rings. The van der Waals surface area contributed by atoms with Gasteiger partial charge in [0, 0.05) is 24.6 Å². The zero-order chi connectivity index (χ0) is 21.8. The minimum atomic E-state index is -0.540. The Morgan fingerprint density at radius 3 is 2.71 bits per heavy atom. The van der Waals surface area contributed by atoms with E-state index >= 15 is 0 Å². The molecular formula is C24H27N5O2. The lowest BCUT2D eigenvalue weighted by atomic mass is 10.1. The summed E-state index contributed by atoms with van der Waals surface area (Å²) in [5, 5.41) is 1.15. The molecule has 160 valence electrons. The third kappa shape index (κ3) is 4.78. The van der Waals surface area contributed by atoms with Gasteiger partial charge in [-0.15, -0.1) is 0 Å². The van der Waals surface area contributed by atoms with E-state index in [9.17, 15) is 4.79 Å². The normalized spacial score (nSPS) is 13.3. The largest absolute Gasteiger partial charge is 0.399 e. The van der Waals surface area contributed by atoms with Crippen molar-refractivity contribution in [3.05, 3.63) is 84.6 Å². The topological polar surface area (TPSA) is 101 Å². The Bertz CT molecular complexity index is 1170. The average Bonchev–Trinajstić information content (AvgIpc) is 3.41. The van der Waals surface area contributed by atoms with Crippen LogP contribution in [0.25, 0.3) is 10.9 Å². The fraction of sp³-hybridized carbons (Fsp3) is 0.250. The van der Waals surface area contributed by atoms with Crippen molar-refractivity contribution in [2.45, 2.75) is 38.6 Å². The highest BCUT2D eigenvalue weighted by molar-refractivity contribution is 5.90. The van der Waals surface area contributed by atoms with Crippen LogP contribution in [0, 0.1) is 0 Å². The SMILES string of the molecule is C[C@H](OCc1ccccc1)[C@@H](CCn1ccc2ccc(N)cc21)n1cnc(C(N)=O)c1. The van der Waals surface area contributed by atoms with Crippen LogP contribution in [-0.4, -0.2) is 26.1 Å². The summed E-state index contributed by atoms with van der Waals surface area (Å²) in [6.45, 7) is 3.32. The van der Waals surface area contributed by atoms with Crippen LogP contribution in [0.2, 0.25) is 0 Å². The molecule has 0 spiro atoms. The van der Waals surface area contributed by atoms with Gasteiger partial charge in [0.05, 0.1) is 30.6 Å². The second-order valence-electron chi connectivity index (χ2n) is 7.76. The van der Waals surface area contributed by atoms with E-state index < -0.39 is 5.91 Å². The Morgan fingerprint density at radius 1 is 1.16 bits per heavy atom. The Kier molecular flexibility index (Phi) is 6.04. The van der Waals surface area contributed by atoms with Crippen LogP contribution in [0.3, 0.4) is 0 Å². The molecule has 0 saturated carbocycles. The molecule has 0 bridgehead atoms. The van der Waals surface area contributed by atoms with Crippen LogP contribution in [0.5, 0.6) is 0 Å². The van der Waals surface area contributed by atoms with Gasteiger partial charge in [0.25, 0.3) is 5.91 Å². The number of aromatic nitrogens is 3. The molecule has 31 heavy (non-hydrogen) atoms. The monoisotopic (exact) mass is 417 g/mol. The third-order valence-electron chi connectivity index (χ3n) is 5.60. The maximum Gasteiger partial charge on any atom is 0.268 e. The summed E-state index contributed by atoms with van der Waals surface area (Å²) in [4.78, 5) is 15.7. The lowest BCUT2D eigenvalue weighted by molar-refractivity contribution is 0.0137. The lowest BCUT2D eigenvalue weighted by Gasteiger charge is -2.26. The molecule has 0 aliphatic heterocycles. The highest BCUT2D eigenvalue weighted by Crippen LogP contribution is 2.25. The van der Waals surface area contributed by atoms with Gasteiger partial charge in [0.2, 0.25) is 0 Å². The summed E-state index contributed by atoms with van der Waals surface area (Å²) in [6.07, 6.45) is 6.09. The fourth-order valence-corrected chi connectivity index (χ4v) is 3.85. The van der Waals surface area contributed by atoms with Gasteiger partial charge in [0.15, 0.2) is 0 Å². The number of rotatable bonds is 9. The van der Waals surface area contributed by atoms with E-state index in [1.165, 1.54) is 0 Å². The van der Waals surface area contributed by atoms with Gasteiger partial charge >= 0.3 is 0 Å². The molecule has 1 amide bonds. The van der Waals surface area contributed by atoms with E-state index in [2.05, 4.69) is 21.8 Å². The molecule has 2 aromatic carbocycles. The number of anilines is 1. The van der Waals surface area contributed by atoms with Crippen molar-refractivity contribution in [1.29, 1.82) is 0 Å². The van der Waals surface area contributed by atoms with Crippen molar-refractivity contribution >= 4 is 22.5 Å². The van der Waals surface area contributed by atoms with Gasteiger partial charge in [0.1, 0.15) is 5.69 Å². The number of imidazole rings is 1. The number of hydrogen-bond donors (Lipinski definition) is 2. The number of carbonyl (C=O) groups excluding carboxylic acids is 1. The molecule has 4 N–H and O–H groups in total. The second kappa shape index (κ2) is 9.06. The van der Waals surface area contributed by atoms with Crippen LogP contribution in [0.15, 0.2) is 73.3 Å². The number of aryl methyl sites for hydroxylation is 1. The molecule has 0 fully saturated rings. The molecule has 2 heterocycles. The number of carbonyl (C=O) groups is 1. The fourth-order valence-electron chi connectivity index (χ4n) is 3.85. The molecular weight excluding hydrogens is 390 g/mol. The molecule has 0 saturated heterocycles. The molecule has 0 aliphatic rings. The maximum atomic E-state index is 11.5. The molecule has 7 nitrogen and oxygen atoms in total. The minimum absolute atomic E-state index is 0.0252. The third-order valence-corrected chi connectivity index (χ3v) is 5.60.